The minimum Gasteiger partial charge on any atom is -0.507 e. The van der Waals surface area contributed by atoms with Crippen LogP contribution in [0.15, 0.2) is 17.0 Å². The first-order chi connectivity index (χ1) is 6.36. The molecule has 1 aromatic rings. The number of phenolic OH excluding ortho intramolecular Hbond substituents is 1. The number of nitriles is 1. The molecule has 0 aliphatic heterocycles. The van der Waals surface area contributed by atoms with Crippen molar-refractivity contribution in [3.05, 3.63) is 17.7 Å². The number of nitrogens with two attached hydrogens (primary N) is 1. The Balaban J connectivity index is 3.58. The van der Waals surface area contributed by atoms with E-state index in [-0.39, 0.29) is 16.1 Å². The summed E-state index contributed by atoms with van der Waals surface area (Å²) >= 11 is 0. The normalized spacial score (nSPS) is 10.9. The molecule has 0 atom stereocenters. The monoisotopic (exact) mass is 212 g/mol. The zero-order chi connectivity index (χ0) is 10.9. The number of phenols is 1. The van der Waals surface area contributed by atoms with Gasteiger partial charge >= 0.3 is 0 Å². The SMILES string of the molecule is CS(=O)(=O)c1cc(C#N)c(N)cc1O. The average molecular weight is 212 g/mol. The van der Waals surface area contributed by atoms with Crippen molar-refractivity contribution in [1.29, 1.82) is 5.26 Å². The standard InChI is InChI=1S/C8H8N2O3S/c1-14(12,13)8-2-5(4-9)6(10)3-7(8)11/h2-3,11H,10H2,1H3. The van der Waals surface area contributed by atoms with Crippen LogP contribution in [0.2, 0.25) is 0 Å². The summed E-state index contributed by atoms with van der Waals surface area (Å²) in [6.45, 7) is 0. The number of sulfone groups is 1. The second kappa shape index (κ2) is 3.20. The van der Waals surface area contributed by atoms with E-state index in [0.29, 0.717) is 0 Å². The van der Waals surface area contributed by atoms with Crippen molar-refractivity contribution in [3.63, 3.8) is 0 Å². The molecule has 0 heterocycles. The molecule has 1 aromatic carbocycles. The Morgan fingerprint density at radius 3 is 2.50 bits per heavy atom. The van der Waals surface area contributed by atoms with Crippen LogP contribution in [0.5, 0.6) is 5.75 Å². The van der Waals surface area contributed by atoms with Gasteiger partial charge in [-0.25, -0.2) is 8.42 Å². The van der Waals surface area contributed by atoms with E-state index in [1.807, 2.05) is 0 Å². The number of benzene rings is 1. The molecule has 6 heteroatoms. The van der Waals surface area contributed by atoms with Gasteiger partial charge in [-0.05, 0) is 6.07 Å². The number of hydrogen-bond donors (Lipinski definition) is 2. The van der Waals surface area contributed by atoms with Crippen LogP contribution in [0.4, 0.5) is 5.69 Å². The molecular formula is C8H8N2O3S. The smallest absolute Gasteiger partial charge is 0.179 e. The van der Waals surface area contributed by atoms with Gasteiger partial charge in [0.25, 0.3) is 0 Å². The van der Waals surface area contributed by atoms with E-state index in [0.717, 1.165) is 18.4 Å². The molecule has 0 unspecified atom stereocenters. The van der Waals surface area contributed by atoms with Gasteiger partial charge in [0.05, 0.1) is 11.3 Å². The largest absolute Gasteiger partial charge is 0.507 e. The van der Waals surface area contributed by atoms with Crippen LogP contribution < -0.4 is 5.73 Å². The van der Waals surface area contributed by atoms with Crippen LogP contribution in [0.1, 0.15) is 5.56 Å². The third-order valence-corrected chi connectivity index (χ3v) is 2.78. The van der Waals surface area contributed by atoms with Gasteiger partial charge in [0.1, 0.15) is 16.7 Å². The molecule has 0 spiro atoms. The molecule has 1 rings (SSSR count). The quantitative estimate of drug-likeness (QED) is 0.649. The summed E-state index contributed by atoms with van der Waals surface area (Å²) in [7, 11) is -3.54. The van der Waals surface area contributed by atoms with Crippen LogP contribution in [0.3, 0.4) is 0 Å². The molecule has 0 radical (unpaired) electrons. The van der Waals surface area contributed by atoms with Gasteiger partial charge in [0.2, 0.25) is 0 Å². The van der Waals surface area contributed by atoms with Gasteiger partial charge in [-0.2, -0.15) is 5.26 Å². The molecule has 3 N–H and O–H groups in total. The second-order valence-corrected chi connectivity index (χ2v) is 4.78. The summed E-state index contributed by atoms with van der Waals surface area (Å²) in [5.41, 5.74) is 5.45. The lowest BCUT2D eigenvalue weighted by molar-refractivity contribution is 0.459. The summed E-state index contributed by atoms with van der Waals surface area (Å²) in [5, 5.41) is 17.9. The third kappa shape index (κ3) is 1.78. The van der Waals surface area contributed by atoms with Gasteiger partial charge in [-0.1, -0.05) is 0 Å². The van der Waals surface area contributed by atoms with Crippen molar-refractivity contribution in [2.45, 2.75) is 4.90 Å². The molecule has 14 heavy (non-hydrogen) atoms. The average Bonchev–Trinajstić information content (AvgIpc) is 2.02. The summed E-state index contributed by atoms with van der Waals surface area (Å²) in [4.78, 5) is -0.289. The lowest BCUT2D eigenvalue weighted by atomic mass is 10.2. The highest BCUT2D eigenvalue weighted by Crippen LogP contribution is 2.27. The molecule has 0 fully saturated rings. The minimum atomic E-state index is -3.54. The summed E-state index contributed by atoms with van der Waals surface area (Å²) in [6.07, 6.45) is 0.944. The first-order valence-electron chi connectivity index (χ1n) is 3.59. The van der Waals surface area contributed by atoms with Gasteiger partial charge in [-0.15, -0.1) is 0 Å². The fraction of sp³-hybridized carbons (Fsp3) is 0.125. The predicted molar refractivity (Wildman–Crippen MR) is 50.3 cm³/mol. The maximum absolute atomic E-state index is 11.1. The van der Waals surface area contributed by atoms with E-state index in [1.165, 1.54) is 0 Å². The van der Waals surface area contributed by atoms with Gasteiger partial charge in [-0.3, -0.25) is 0 Å². The predicted octanol–water partition coefficient (Wildman–Crippen LogP) is 0.250. The van der Waals surface area contributed by atoms with E-state index in [1.54, 1.807) is 6.07 Å². The van der Waals surface area contributed by atoms with Gasteiger partial charge in [0.15, 0.2) is 9.84 Å². The van der Waals surface area contributed by atoms with Crippen molar-refractivity contribution >= 4 is 15.5 Å². The number of hydrogen-bond acceptors (Lipinski definition) is 5. The zero-order valence-electron chi connectivity index (χ0n) is 7.35. The van der Waals surface area contributed by atoms with E-state index in [4.69, 9.17) is 11.0 Å². The van der Waals surface area contributed by atoms with E-state index in [9.17, 15) is 13.5 Å². The molecule has 0 aliphatic carbocycles. The van der Waals surface area contributed by atoms with Crippen molar-refractivity contribution in [1.82, 2.24) is 0 Å². The first-order valence-corrected chi connectivity index (χ1v) is 5.48. The van der Waals surface area contributed by atoms with Crippen LogP contribution in [0, 0.1) is 11.3 Å². The second-order valence-electron chi connectivity index (χ2n) is 2.79. The highest BCUT2D eigenvalue weighted by Gasteiger charge is 2.15. The van der Waals surface area contributed by atoms with Crippen LogP contribution in [0.25, 0.3) is 0 Å². The molecule has 5 nitrogen and oxygen atoms in total. The molecule has 74 valence electrons. The minimum absolute atomic E-state index is 0.0308. The van der Waals surface area contributed by atoms with Crippen molar-refractivity contribution in [2.24, 2.45) is 0 Å². The van der Waals surface area contributed by atoms with Crippen LogP contribution in [-0.2, 0) is 9.84 Å². The third-order valence-electron chi connectivity index (χ3n) is 1.65. The number of nitrogen functional groups attached to an aromatic ring is 1. The number of anilines is 1. The highest BCUT2D eigenvalue weighted by atomic mass is 32.2. The number of aromatic hydroxyl groups is 1. The summed E-state index contributed by atoms with van der Waals surface area (Å²) < 4.78 is 22.2. The van der Waals surface area contributed by atoms with Crippen LogP contribution >= 0.6 is 0 Å². The Morgan fingerprint density at radius 2 is 2.07 bits per heavy atom. The maximum atomic E-state index is 11.1. The Bertz CT molecular complexity index is 514. The Kier molecular flexibility index (Phi) is 2.36. The zero-order valence-corrected chi connectivity index (χ0v) is 8.17. The fourth-order valence-electron chi connectivity index (χ4n) is 0.978. The Morgan fingerprint density at radius 1 is 1.50 bits per heavy atom. The highest BCUT2D eigenvalue weighted by molar-refractivity contribution is 7.90. The lowest BCUT2D eigenvalue weighted by Gasteiger charge is -2.04. The fourth-order valence-corrected chi connectivity index (χ4v) is 1.75. The van der Waals surface area contributed by atoms with E-state index >= 15 is 0 Å². The Hall–Kier alpha value is -1.74. The molecular weight excluding hydrogens is 204 g/mol. The van der Waals surface area contributed by atoms with E-state index < -0.39 is 15.6 Å². The molecule has 0 saturated heterocycles. The molecule has 0 aliphatic rings. The number of rotatable bonds is 1. The summed E-state index contributed by atoms with van der Waals surface area (Å²) in [6, 6.07) is 3.84. The van der Waals surface area contributed by atoms with Crippen LogP contribution in [-0.4, -0.2) is 19.8 Å². The maximum Gasteiger partial charge on any atom is 0.179 e. The first kappa shape index (κ1) is 10.3. The molecule has 0 saturated carbocycles. The summed E-state index contributed by atoms with van der Waals surface area (Å²) in [5.74, 6) is -0.441. The van der Waals surface area contributed by atoms with E-state index in [2.05, 4.69) is 0 Å². The molecule has 0 aromatic heterocycles. The molecule has 0 amide bonds. The van der Waals surface area contributed by atoms with Crippen molar-refractivity contribution in [2.75, 3.05) is 12.0 Å². The van der Waals surface area contributed by atoms with Crippen molar-refractivity contribution in [3.8, 4) is 11.8 Å². The Labute approximate surface area is 81.3 Å². The van der Waals surface area contributed by atoms with Gasteiger partial charge < -0.3 is 10.8 Å². The molecule has 0 bridgehead atoms. The topological polar surface area (TPSA) is 104 Å². The van der Waals surface area contributed by atoms with Crippen molar-refractivity contribution < 1.29 is 13.5 Å². The lowest BCUT2D eigenvalue weighted by Crippen LogP contribution is -2.00. The number of nitrogens with zero attached hydrogens (tertiary/aromatic N) is 1. The van der Waals surface area contributed by atoms with Gasteiger partial charge in [0, 0.05) is 12.3 Å².